The molecule has 1 aromatic heterocycles. The predicted molar refractivity (Wildman–Crippen MR) is 112 cm³/mol. The van der Waals surface area contributed by atoms with Gasteiger partial charge in [-0.15, -0.1) is 0 Å². The molecule has 3 heterocycles. The molecule has 28 heavy (non-hydrogen) atoms. The fraction of sp³-hybridized carbons (Fsp3) is 0.478. The predicted octanol–water partition coefficient (Wildman–Crippen LogP) is 3.28. The Morgan fingerprint density at radius 1 is 1.07 bits per heavy atom. The minimum atomic E-state index is 0.0614. The zero-order chi connectivity index (χ0) is 19.3. The van der Waals surface area contributed by atoms with E-state index in [1.54, 1.807) is 6.20 Å². The van der Waals surface area contributed by atoms with E-state index >= 15 is 0 Å². The lowest BCUT2D eigenvalue weighted by Gasteiger charge is -2.35. The molecule has 0 radical (unpaired) electrons. The Labute approximate surface area is 168 Å². The van der Waals surface area contributed by atoms with Crippen molar-refractivity contribution in [2.45, 2.75) is 26.3 Å². The average molecular weight is 379 g/mol. The van der Waals surface area contributed by atoms with Crippen LogP contribution in [-0.2, 0) is 6.54 Å². The molecule has 1 amide bonds. The summed E-state index contributed by atoms with van der Waals surface area (Å²) in [6, 6.07) is 14.5. The van der Waals surface area contributed by atoms with Gasteiger partial charge in [0.15, 0.2) is 0 Å². The van der Waals surface area contributed by atoms with Crippen molar-refractivity contribution in [3.05, 3.63) is 59.9 Å². The average Bonchev–Trinajstić information content (AvgIpc) is 2.75. The van der Waals surface area contributed by atoms with Crippen LogP contribution in [0.25, 0.3) is 0 Å². The first-order valence-corrected chi connectivity index (χ1v) is 10.5. The van der Waals surface area contributed by atoms with Gasteiger partial charge in [-0.2, -0.15) is 0 Å². The largest absolute Gasteiger partial charge is 0.371 e. The Morgan fingerprint density at radius 3 is 2.61 bits per heavy atom. The molecule has 2 saturated heterocycles. The van der Waals surface area contributed by atoms with Crippen molar-refractivity contribution < 1.29 is 4.79 Å². The summed E-state index contributed by atoms with van der Waals surface area (Å²) in [5.74, 6) is 0.769. The van der Waals surface area contributed by atoms with Crippen LogP contribution in [-0.4, -0.2) is 60.0 Å². The van der Waals surface area contributed by atoms with E-state index in [-0.39, 0.29) is 5.91 Å². The summed E-state index contributed by atoms with van der Waals surface area (Å²) in [7, 11) is 0. The molecular weight excluding hydrogens is 348 g/mol. The van der Waals surface area contributed by atoms with Crippen molar-refractivity contribution in [3.8, 4) is 0 Å². The first-order valence-electron chi connectivity index (χ1n) is 10.5. The smallest absolute Gasteiger partial charge is 0.272 e. The lowest BCUT2D eigenvalue weighted by Crippen LogP contribution is -2.48. The third-order valence-corrected chi connectivity index (χ3v) is 5.89. The third-order valence-electron chi connectivity index (χ3n) is 5.89. The number of carbonyl (C=O) groups is 1. The van der Waals surface area contributed by atoms with Gasteiger partial charge in [-0.3, -0.25) is 14.7 Å². The quantitative estimate of drug-likeness (QED) is 0.819. The van der Waals surface area contributed by atoms with Crippen LogP contribution in [0, 0.1) is 5.92 Å². The maximum atomic E-state index is 13.0. The SMILES string of the molecule is CC1CCCN(c2ccnc(C(=O)N3CCN(Cc4ccccc4)CC3)c2)C1. The minimum absolute atomic E-state index is 0.0614. The van der Waals surface area contributed by atoms with Gasteiger partial charge in [-0.25, -0.2) is 0 Å². The van der Waals surface area contributed by atoms with Crippen LogP contribution < -0.4 is 4.90 Å². The molecule has 0 aliphatic carbocycles. The van der Waals surface area contributed by atoms with Gasteiger partial charge in [-0.1, -0.05) is 37.3 Å². The Morgan fingerprint density at radius 2 is 1.86 bits per heavy atom. The van der Waals surface area contributed by atoms with Crippen LogP contribution in [0.1, 0.15) is 35.8 Å². The third kappa shape index (κ3) is 4.53. The van der Waals surface area contributed by atoms with Crippen LogP contribution >= 0.6 is 0 Å². The number of hydrogen-bond acceptors (Lipinski definition) is 4. The number of amides is 1. The Hall–Kier alpha value is -2.40. The number of benzene rings is 1. The molecule has 1 aromatic carbocycles. The highest BCUT2D eigenvalue weighted by atomic mass is 16.2. The Balaban J connectivity index is 1.35. The molecule has 5 nitrogen and oxygen atoms in total. The van der Waals surface area contributed by atoms with Crippen molar-refractivity contribution in [1.29, 1.82) is 0 Å². The molecular formula is C23H30N4O. The fourth-order valence-electron chi connectivity index (χ4n) is 4.27. The van der Waals surface area contributed by atoms with Gasteiger partial charge in [0.05, 0.1) is 0 Å². The summed E-state index contributed by atoms with van der Waals surface area (Å²) in [5.41, 5.74) is 3.03. The molecule has 0 bridgehead atoms. The summed E-state index contributed by atoms with van der Waals surface area (Å²) in [4.78, 5) is 24.1. The monoisotopic (exact) mass is 378 g/mol. The highest BCUT2D eigenvalue weighted by molar-refractivity contribution is 5.93. The van der Waals surface area contributed by atoms with E-state index in [1.165, 1.54) is 18.4 Å². The molecule has 1 unspecified atom stereocenters. The fourth-order valence-corrected chi connectivity index (χ4v) is 4.27. The first kappa shape index (κ1) is 18.9. The van der Waals surface area contributed by atoms with Gasteiger partial charge in [0.1, 0.15) is 5.69 Å². The summed E-state index contributed by atoms with van der Waals surface area (Å²) < 4.78 is 0. The van der Waals surface area contributed by atoms with Crippen LogP contribution in [0.4, 0.5) is 5.69 Å². The minimum Gasteiger partial charge on any atom is -0.371 e. The zero-order valence-corrected chi connectivity index (χ0v) is 16.8. The van der Waals surface area contributed by atoms with E-state index in [1.807, 2.05) is 23.1 Å². The molecule has 2 aliphatic heterocycles. The number of carbonyl (C=O) groups excluding carboxylic acids is 1. The molecule has 2 aromatic rings. The normalized spacial score (nSPS) is 21.0. The molecule has 2 aliphatic rings. The molecule has 1 atom stereocenters. The molecule has 0 N–H and O–H groups in total. The number of anilines is 1. The van der Waals surface area contributed by atoms with E-state index < -0.39 is 0 Å². The molecule has 0 spiro atoms. The van der Waals surface area contributed by atoms with Crippen molar-refractivity contribution in [1.82, 2.24) is 14.8 Å². The lowest BCUT2D eigenvalue weighted by atomic mass is 10.00. The van der Waals surface area contributed by atoms with E-state index in [0.29, 0.717) is 11.6 Å². The number of pyridine rings is 1. The number of nitrogens with zero attached hydrogens (tertiary/aromatic N) is 4. The van der Waals surface area contributed by atoms with E-state index in [9.17, 15) is 4.79 Å². The van der Waals surface area contributed by atoms with Crippen molar-refractivity contribution in [3.63, 3.8) is 0 Å². The van der Waals surface area contributed by atoms with Gasteiger partial charge in [0.25, 0.3) is 5.91 Å². The first-order chi connectivity index (χ1) is 13.7. The maximum absolute atomic E-state index is 13.0. The molecule has 0 saturated carbocycles. The number of piperazine rings is 1. The second-order valence-corrected chi connectivity index (χ2v) is 8.15. The van der Waals surface area contributed by atoms with Gasteiger partial charge < -0.3 is 9.80 Å². The van der Waals surface area contributed by atoms with Crippen LogP contribution in [0.15, 0.2) is 48.7 Å². The van der Waals surface area contributed by atoms with Crippen LogP contribution in [0.2, 0.25) is 0 Å². The summed E-state index contributed by atoms with van der Waals surface area (Å²) >= 11 is 0. The summed E-state index contributed by atoms with van der Waals surface area (Å²) in [6.45, 7) is 8.72. The summed E-state index contributed by atoms with van der Waals surface area (Å²) in [6.07, 6.45) is 4.30. The molecule has 2 fully saturated rings. The highest BCUT2D eigenvalue weighted by Crippen LogP contribution is 2.23. The number of rotatable bonds is 4. The zero-order valence-electron chi connectivity index (χ0n) is 16.8. The van der Waals surface area contributed by atoms with Crippen LogP contribution in [0.5, 0.6) is 0 Å². The Kier molecular flexibility index (Phi) is 5.91. The maximum Gasteiger partial charge on any atom is 0.272 e. The van der Waals surface area contributed by atoms with Crippen molar-refractivity contribution >= 4 is 11.6 Å². The Bertz CT molecular complexity index is 786. The second kappa shape index (κ2) is 8.74. The summed E-state index contributed by atoms with van der Waals surface area (Å²) in [5, 5.41) is 0. The van der Waals surface area contributed by atoms with E-state index in [0.717, 1.165) is 51.5 Å². The van der Waals surface area contributed by atoms with Gasteiger partial charge in [0.2, 0.25) is 0 Å². The number of aromatic nitrogens is 1. The van der Waals surface area contributed by atoms with Crippen molar-refractivity contribution in [2.75, 3.05) is 44.2 Å². The number of hydrogen-bond donors (Lipinski definition) is 0. The highest BCUT2D eigenvalue weighted by Gasteiger charge is 2.24. The molecule has 148 valence electrons. The standard InChI is InChI=1S/C23H30N4O/c1-19-6-5-11-27(17-19)21-9-10-24-22(16-21)23(28)26-14-12-25(13-15-26)18-20-7-3-2-4-8-20/h2-4,7-10,16,19H,5-6,11-15,17-18H2,1H3. The van der Waals surface area contributed by atoms with Crippen LogP contribution in [0.3, 0.4) is 0 Å². The second-order valence-electron chi connectivity index (χ2n) is 8.15. The van der Waals surface area contributed by atoms with Gasteiger partial charge in [0, 0.05) is 57.7 Å². The van der Waals surface area contributed by atoms with E-state index in [2.05, 4.69) is 46.0 Å². The topological polar surface area (TPSA) is 39.7 Å². The van der Waals surface area contributed by atoms with Gasteiger partial charge in [-0.05, 0) is 36.5 Å². The number of piperidine rings is 1. The van der Waals surface area contributed by atoms with Gasteiger partial charge >= 0.3 is 0 Å². The lowest BCUT2D eigenvalue weighted by molar-refractivity contribution is 0.0623. The van der Waals surface area contributed by atoms with Crippen molar-refractivity contribution in [2.24, 2.45) is 5.92 Å². The molecule has 4 rings (SSSR count). The van der Waals surface area contributed by atoms with E-state index in [4.69, 9.17) is 0 Å². The molecule has 5 heteroatoms.